The summed E-state index contributed by atoms with van der Waals surface area (Å²) in [5.41, 5.74) is 0.108. The SMILES string of the molecule is CCn1nc(C(=O)NC2CCN(C3CCOCC3)C2=O)c(=O)c2ccccc21. The summed E-state index contributed by atoms with van der Waals surface area (Å²) in [7, 11) is 0. The number of aromatic nitrogens is 2. The first-order valence-corrected chi connectivity index (χ1v) is 9.79. The van der Waals surface area contributed by atoms with Crippen molar-refractivity contribution in [2.24, 2.45) is 0 Å². The molecule has 1 aromatic carbocycles. The first-order chi connectivity index (χ1) is 13.6. The molecule has 0 saturated carbocycles. The molecule has 1 atom stereocenters. The van der Waals surface area contributed by atoms with Crippen LogP contribution in [0.25, 0.3) is 10.9 Å². The van der Waals surface area contributed by atoms with Crippen LogP contribution in [0.5, 0.6) is 0 Å². The van der Waals surface area contributed by atoms with Crippen molar-refractivity contribution in [1.82, 2.24) is 20.0 Å². The standard InChI is InChI=1S/C20H24N4O4/c1-2-24-16-6-4-3-5-14(16)18(25)17(22-24)19(26)21-15-7-10-23(20(15)27)13-8-11-28-12-9-13/h3-6,13,15H,2,7-12H2,1H3,(H,21,26). The molecule has 8 heteroatoms. The van der Waals surface area contributed by atoms with E-state index in [0.717, 1.165) is 12.8 Å². The van der Waals surface area contributed by atoms with E-state index in [1.165, 1.54) is 0 Å². The van der Waals surface area contributed by atoms with Gasteiger partial charge in [-0.15, -0.1) is 0 Å². The fourth-order valence-electron chi connectivity index (χ4n) is 4.05. The van der Waals surface area contributed by atoms with Crippen molar-refractivity contribution in [2.45, 2.75) is 44.8 Å². The molecule has 1 aromatic heterocycles. The molecule has 28 heavy (non-hydrogen) atoms. The number of rotatable bonds is 4. The molecule has 1 unspecified atom stereocenters. The van der Waals surface area contributed by atoms with Crippen LogP contribution in [0.15, 0.2) is 29.1 Å². The van der Waals surface area contributed by atoms with Crippen LogP contribution in [0.3, 0.4) is 0 Å². The van der Waals surface area contributed by atoms with Gasteiger partial charge in [0.05, 0.1) is 5.52 Å². The number of fused-ring (bicyclic) bond motifs is 1. The van der Waals surface area contributed by atoms with Crippen LogP contribution in [0, 0.1) is 0 Å². The van der Waals surface area contributed by atoms with Crippen LogP contribution in [-0.4, -0.2) is 58.3 Å². The van der Waals surface area contributed by atoms with Crippen LogP contribution < -0.4 is 10.7 Å². The molecule has 2 fully saturated rings. The number of likely N-dealkylation sites (tertiary alicyclic amines) is 1. The molecule has 2 aliphatic rings. The number of carbonyl (C=O) groups is 2. The average Bonchev–Trinajstić information content (AvgIpc) is 3.09. The Morgan fingerprint density at radius 2 is 1.96 bits per heavy atom. The molecule has 0 spiro atoms. The molecular weight excluding hydrogens is 360 g/mol. The summed E-state index contributed by atoms with van der Waals surface area (Å²) in [5, 5.41) is 7.43. The van der Waals surface area contributed by atoms with E-state index in [4.69, 9.17) is 4.74 Å². The van der Waals surface area contributed by atoms with Crippen molar-refractivity contribution in [3.05, 3.63) is 40.2 Å². The lowest BCUT2D eigenvalue weighted by molar-refractivity contribution is -0.132. The molecule has 3 heterocycles. The highest BCUT2D eigenvalue weighted by Crippen LogP contribution is 2.21. The van der Waals surface area contributed by atoms with Crippen LogP contribution >= 0.6 is 0 Å². The molecule has 0 radical (unpaired) electrons. The van der Waals surface area contributed by atoms with Gasteiger partial charge >= 0.3 is 0 Å². The van der Waals surface area contributed by atoms with E-state index in [1.54, 1.807) is 22.9 Å². The Bertz CT molecular complexity index is 964. The molecule has 2 aliphatic heterocycles. The number of nitrogens with zero attached hydrogens (tertiary/aromatic N) is 3. The lowest BCUT2D eigenvalue weighted by atomic mass is 10.1. The lowest BCUT2D eigenvalue weighted by Crippen LogP contribution is -2.47. The van der Waals surface area contributed by atoms with E-state index in [0.29, 0.717) is 43.6 Å². The summed E-state index contributed by atoms with van der Waals surface area (Å²) in [6, 6.07) is 6.64. The normalized spacial score (nSPS) is 20.7. The Balaban J connectivity index is 1.55. The minimum absolute atomic E-state index is 0.0862. The molecule has 0 aliphatic carbocycles. The first kappa shape index (κ1) is 18.6. The van der Waals surface area contributed by atoms with Gasteiger partial charge in [0.1, 0.15) is 6.04 Å². The molecule has 8 nitrogen and oxygen atoms in total. The minimum atomic E-state index is -0.613. The predicted octanol–water partition coefficient (Wildman–Crippen LogP) is 0.926. The number of nitrogens with one attached hydrogen (secondary N) is 1. The van der Waals surface area contributed by atoms with Gasteiger partial charge in [0.2, 0.25) is 11.3 Å². The van der Waals surface area contributed by atoms with Crippen LogP contribution in [0.2, 0.25) is 0 Å². The van der Waals surface area contributed by atoms with Gasteiger partial charge in [0.25, 0.3) is 5.91 Å². The quantitative estimate of drug-likeness (QED) is 0.846. The highest BCUT2D eigenvalue weighted by molar-refractivity contribution is 5.98. The fourth-order valence-corrected chi connectivity index (χ4v) is 4.05. The van der Waals surface area contributed by atoms with E-state index in [9.17, 15) is 14.4 Å². The number of para-hydroxylation sites is 1. The van der Waals surface area contributed by atoms with Crippen molar-refractivity contribution in [3.63, 3.8) is 0 Å². The Kier molecular flexibility index (Phi) is 5.13. The van der Waals surface area contributed by atoms with Gasteiger partial charge in [-0.1, -0.05) is 12.1 Å². The third-order valence-corrected chi connectivity index (χ3v) is 5.55. The average molecular weight is 384 g/mol. The van der Waals surface area contributed by atoms with Crippen molar-refractivity contribution < 1.29 is 14.3 Å². The van der Waals surface area contributed by atoms with Gasteiger partial charge in [0, 0.05) is 37.7 Å². The van der Waals surface area contributed by atoms with Crippen LogP contribution in [0.4, 0.5) is 0 Å². The number of amides is 2. The van der Waals surface area contributed by atoms with Gasteiger partial charge in [-0.25, -0.2) is 0 Å². The molecule has 1 N–H and O–H groups in total. The van der Waals surface area contributed by atoms with E-state index in [-0.39, 0.29) is 17.6 Å². The number of aryl methyl sites for hydroxylation is 1. The monoisotopic (exact) mass is 384 g/mol. The second kappa shape index (κ2) is 7.71. The largest absolute Gasteiger partial charge is 0.381 e. The summed E-state index contributed by atoms with van der Waals surface area (Å²) < 4.78 is 7.00. The van der Waals surface area contributed by atoms with Crippen molar-refractivity contribution in [1.29, 1.82) is 0 Å². The summed E-state index contributed by atoms with van der Waals surface area (Å²) in [5.74, 6) is -0.679. The van der Waals surface area contributed by atoms with Gasteiger partial charge < -0.3 is 15.0 Å². The molecule has 2 aromatic rings. The van der Waals surface area contributed by atoms with Crippen molar-refractivity contribution >= 4 is 22.7 Å². The fraction of sp³-hybridized carbons (Fsp3) is 0.500. The predicted molar refractivity (Wildman–Crippen MR) is 103 cm³/mol. The molecule has 2 amide bonds. The summed E-state index contributed by atoms with van der Waals surface area (Å²) in [4.78, 5) is 40.1. The third kappa shape index (κ3) is 3.28. The maximum atomic E-state index is 12.8. The topological polar surface area (TPSA) is 93.5 Å². The summed E-state index contributed by atoms with van der Waals surface area (Å²) in [6.07, 6.45) is 2.18. The van der Waals surface area contributed by atoms with Gasteiger partial charge in [-0.3, -0.25) is 19.1 Å². The minimum Gasteiger partial charge on any atom is -0.381 e. The second-order valence-corrected chi connectivity index (χ2v) is 7.20. The van der Waals surface area contributed by atoms with Gasteiger partial charge in [-0.2, -0.15) is 5.10 Å². The van der Waals surface area contributed by atoms with Crippen LogP contribution in [0.1, 0.15) is 36.7 Å². The summed E-state index contributed by atoms with van der Waals surface area (Å²) in [6.45, 7) is 4.35. The van der Waals surface area contributed by atoms with Gasteiger partial charge in [0.15, 0.2) is 5.69 Å². The van der Waals surface area contributed by atoms with Crippen molar-refractivity contribution in [3.8, 4) is 0 Å². The Labute approximate surface area is 162 Å². The maximum absolute atomic E-state index is 12.8. The zero-order valence-electron chi connectivity index (χ0n) is 15.9. The number of hydrogen-bond donors (Lipinski definition) is 1. The molecule has 4 rings (SSSR count). The number of benzene rings is 1. The Hall–Kier alpha value is -2.74. The number of hydrogen-bond acceptors (Lipinski definition) is 5. The van der Waals surface area contributed by atoms with E-state index >= 15 is 0 Å². The highest BCUT2D eigenvalue weighted by atomic mass is 16.5. The molecule has 148 valence electrons. The van der Waals surface area contributed by atoms with E-state index < -0.39 is 17.4 Å². The van der Waals surface area contributed by atoms with Gasteiger partial charge in [-0.05, 0) is 38.3 Å². The lowest BCUT2D eigenvalue weighted by Gasteiger charge is -2.31. The van der Waals surface area contributed by atoms with Crippen molar-refractivity contribution in [2.75, 3.05) is 19.8 Å². The van der Waals surface area contributed by atoms with Crippen LogP contribution in [-0.2, 0) is 16.1 Å². The Morgan fingerprint density at radius 1 is 1.21 bits per heavy atom. The third-order valence-electron chi connectivity index (χ3n) is 5.55. The Morgan fingerprint density at radius 3 is 2.71 bits per heavy atom. The first-order valence-electron chi connectivity index (χ1n) is 9.79. The molecule has 0 bridgehead atoms. The smallest absolute Gasteiger partial charge is 0.276 e. The van der Waals surface area contributed by atoms with E-state index in [2.05, 4.69) is 10.4 Å². The molecule has 2 saturated heterocycles. The number of carbonyl (C=O) groups excluding carboxylic acids is 2. The summed E-state index contributed by atoms with van der Waals surface area (Å²) >= 11 is 0. The number of ether oxygens (including phenoxy) is 1. The maximum Gasteiger partial charge on any atom is 0.276 e. The zero-order chi connectivity index (χ0) is 19.7. The highest BCUT2D eigenvalue weighted by Gasteiger charge is 2.37. The zero-order valence-corrected chi connectivity index (χ0v) is 15.9. The second-order valence-electron chi connectivity index (χ2n) is 7.20. The van der Waals surface area contributed by atoms with E-state index in [1.807, 2.05) is 17.9 Å². The molecular formula is C20H24N4O4.